The fraction of sp³-hybridized carbons (Fsp3) is 0.111. The molecule has 0 N–H and O–H groups in total. The first-order valence-corrected chi connectivity index (χ1v) is 7.05. The molecular formula is C18H16N2O2. The molecule has 3 aromatic rings. The first-order valence-electron chi connectivity index (χ1n) is 7.05. The largest absolute Gasteiger partial charge is 0.459 e. The Bertz CT molecular complexity index is 731. The van der Waals surface area contributed by atoms with E-state index in [2.05, 4.69) is 9.97 Å². The molecule has 0 aliphatic carbocycles. The van der Waals surface area contributed by atoms with Gasteiger partial charge in [0.25, 0.3) is 0 Å². The molecule has 0 aliphatic rings. The quantitative estimate of drug-likeness (QED) is 0.708. The predicted molar refractivity (Wildman–Crippen MR) is 84.1 cm³/mol. The summed E-state index contributed by atoms with van der Waals surface area (Å²) in [6.45, 7) is 2.31. The van der Waals surface area contributed by atoms with Crippen molar-refractivity contribution in [2.24, 2.45) is 0 Å². The van der Waals surface area contributed by atoms with Crippen LogP contribution in [0.3, 0.4) is 0 Å². The van der Waals surface area contributed by atoms with E-state index < -0.39 is 0 Å². The molecule has 0 aliphatic heterocycles. The summed E-state index contributed by atoms with van der Waals surface area (Å²) in [5.41, 5.74) is 1.86. The van der Waals surface area contributed by atoms with Gasteiger partial charge in [0.1, 0.15) is 12.4 Å². The van der Waals surface area contributed by atoms with Gasteiger partial charge >= 0.3 is 6.01 Å². The lowest BCUT2D eigenvalue weighted by Crippen LogP contribution is -2.01. The number of aryl methyl sites for hydroxylation is 1. The number of nitrogens with zero attached hydrogens (tertiary/aromatic N) is 2. The second-order valence-corrected chi connectivity index (χ2v) is 4.82. The van der Waals surface area contributed by atoms with Crippen molar-refractivity contribution in [1.82, 2.24) is 9.97 Å². The van der Waals surface area contributed by atoms with Crippen molar-refractivity contribution in [2.75, 3.05) is 0 Å². The Hall–Kier alpha value is -2.88. The molecule has 0 radical (unpaired) electrons. The Kier molecular flexibility index (Phi) is 4.30. The minimum Gasteiger partial charge on any atom is -0.459 e. The van der Waals surface area contributed by atoms with Gasteiger partial charge in [0.05, 0.1) is 0 Å². The zero-order valence-corrected chi connectivity index (χ0v) is 12.3. The van der Waals surface area contributed by atoms with Crippen LogP contribution in [0.4, 0.5) is 0 Å². The lowest BCUT2D eigenvalue weighted by Gasteiger charge is -2.08. The van der Waals surface area contributed by atoms with Crippen LogP contribution in [0.25, 0.3) is 0 Å². The van der Waals surface area contributed by atoms with Crippen LogP contribution in [-0.4, -0.2) is 9.97 Å². The van der Waals surface area contributed by atoms with Crippen LogP contribution in [-0.2, 0) is 6.61 Å². The molecule has 0 saturated heterocycles. The van der Waals surface area contributed by atoms with Crippen LogP contribution in [0.2, 0.25) is 0 Å². The molecule has 2 aromatic carbocycles. The van der Waals surface area contributed by atoms with Gasteiger partial charge in [-0.25, -0.2) is 4.98 Å². The highest BCUT2D eigenvalue weighted by Crippen LogP contribution is 2.21. The van der Waals surface area contributed by atoms with Gasteiger partial charge in [-0.3, -0.25) is 0 Å². The Balaban J connectivity index is 1.72. The summed E-state index contributed by atoms with van der Waals surface area (Å²) in [5, 5.41) is 0. The molecule has 4 heteroatoms. The normalized spacial score (nSPS) is 10.2. The van der Waals surface area contributed by atoms with E-state index in [1.165, 1.54) is 0 Å². The van der Waals surface area contributed by atoms with Crippen LogP contribution in [0, 0.1) is 6.92 Å². The van der Waals surface area contributed by atoms with Gasteiger partial charge in [-0.1, -0.05) is 48.5 Å². The minimum atomic E-state index is 0.315. The molecule has 22 heavy (non-hydrogen) atoms. The summed E-state index contributed by atoms with van der Waals surface area (Å²) in [6, 6.07) is 21.5. The molecule has 0 fully saturated rings. The Morgan fingerprint density at radius 2 is 1.55 bits per heavy atom. The number of aromatic nitrogens is 2. The van der Waals surface area contributed by atoms with Crippen molar-refractivity contribution in [3.63, 3.8) is 0 Å². The van der Waals surface area contributed by atoms with Crippen LogP contribution in [0.1, 0.15) is 11.3 Å². The van der Waals surface area contributed by atoms with Crippen molar-refractivity contribution in [3.05, 3.63) is 78.0 Å². The van der Waals surface area contributed by atoms with Crippen LogP contribution in [0.5, 0.6) is 17.6 Å². The fourth-order valence-corrected chi connectivity index (χ4v) is 1.96. The average Bonchev–Trinajstić information content (AvgIpc) is 2.54. The minimum absolute atomic E-state index is 0.315. The van der Waals surface area contributed by atoms with Crippen LogP contribution >= 0.6 is 0 Å². The fourth-order valence-electron chi connectivity index (χ4n) is 1.96. The summed E-state index contributed by atoms with van der Waals surface area (Å²) < 4.78 is 11.4. The van der Waals surface area contributed by atoms with E-state index in [0.29, 0.717) is 18.5 Å². The molecular weight excluding hydrogens is 276 g/mol. The Morgan fingerprint density at radius 1 is 0.864 bits per heavy atom. The third-order valence-electron chi connectivity index (χ3n) is 2.99. The van der Waals surface area contributed by atoms with E-state index in [-0.39, 0.29) is 0 Å². The van der Waals surface area contributed by atoms with Gasteiger partial charge in [-0.15, -0.1) is 0 Å². The van der Waals surface area contributed by atoms with Gasteiger partial charge in [0.15, 0.2) is 0 Å². The Labute approximate surface area is 129 Å². The number of ether oxygens (including phenoxy) is 2. The first-order chi connectivity index (χ1) is 10.8. The molecule has 0 saturated carbocycles. The summed E-state index contributed by atoms with van der Waals surface area (Å²) in [5.74, 6) is 1.20. The maximum Gasteiger partial charge on any atom is 0.320 e. The third kappa shape index (κ3) is 3.82. The van der Waals surface area contributed by atoms with E-state index >= 15 is 0 Å². The number of hydrogen-bond acceptors (Lipinski definition) is 4. The van der Waals surface area contributed by atoms with E-state index in [9.17, 15) is 0 Å². The van der Waals surface area contributed by atoms with E-state index in [0.717, 1.165) is 17.0 Å². The van der Waals surface area contributed by atoms with Gasteiger partial charge < -0.3 is 9.47 Å². The summed E-state index contributed by atoms with van der Waals surface area (Å²) >= 11 is 0. The SMILES string of the molecule is Cc1cc(Oc2ccccc2)nc(OCc2ccccc2)n1. The molecule has 1 aromatic heterocycles. The molecule has 0 amide bonds. The molecule has 0 spiro atoms. The van der Waals surface area contributed by atoms with Gasteiger partial charge in [0.2, 0.25) is 5.88 Å². The van der Waals surface area contributed by atoms with Crippen LogP contribution in [0.15, 0.2) is 66.7 Å². The number of hydrogen-bond donors (Lipinski definition) is 0. The molecule has 1 heterocycles. The van der Waals surface area contributed by atoms with E-state index in [1.54, 1.807) is 6.07 Å². The van der Waals surface area contributed by atoms with Crippen molar-refractivity contribution >= 4 is 0 Å². The molecule has 0 bridgehead atoms. The summed E-state index contributed by atoms with van der Waals surface area (Å²) in [6.07, 6.45) is 0. The van der Waals surface area contributed by atoms with Crippen molar-refractivity contribution in [3.8, 4) is 17.6 Å². The smallest absolute Gasteiger partial charge is 0.320 e. The van der Waals surface area contributed by atoms with Gasteiger partial charge in [-0.05, 0) is 24.6 Å². The molecule has 3 rings (SSSR count). The van der Waals surface area contributed by atoms with Crippen LogP contribution < -0.4 is 9.47 Å². The molecule has 110 valence electrons. The zero-order valence-electron chi connectivity index (χ0n) is 12.3. The summed E-state index contributed by atoms with van der Waals surface area (Å²) in [7, 11) is 0. The second-order valence-electron chi connectivity index (χ2n) is 4.82. The van der Waals surface area contributed by atoms with E-state index in [4.69, 9.17) is 9.47 Å². The average molecular weight is 292 g/mol. The first kappa shape index (κ1) is 14.1. The molecule has 4 nitrogen and oxygen atoms in total. The highest BCUT2D eigenvalue weighted by Gasteiger charge is 2.06. The van der Waals surface area contributed by atoms with Gasteiger partial charge in [0, 0.05) is 11.8 Å². The lowest BCUT2D eigenvalue weighted by molar-refractivity contribution is 0.275. The zero-order chi connectivity index (χ0) is 15.2. The number of benzene rings is 2. The predicted octanol–water partition coefficient (Wildman–Crippen LogP) is 4.16. The maximum absolute atomic E-state index is 5.72. The number of rotatable bonds is 5. The molecule has 0 unspecified atom stereocenters. The monoisotopic (exact) mass is 292 g/mol. The lowest BCUT2D eigenvalue weighted by atomic mass is 10.2. The summed E-state index contributed by atoms with van der Waals surface area (Å²) in [4.78, 5) is 8.57. The van der Waals surface area contributed by atoms with Crippen molar-refractivity contribution in [2.45, 2.75) is 13.5 Å². The van der Waals surface area contributed by atoms with Crippen molar-refractivity contribution < 1.29 is 9.47 Å². The van der Waals surface area contributed by atoms with Gasteiger partial charge in [-0.2, -0.15) is 4.98 Å². The second kappa shape index (κ2) is 6.72. The standard InChI is InChI=1S/C18H16N2O2/c1-14-12-17(22-16-10-6-3-7-11-16)20-18(19-14)21-13-15-8-4-2-5-9-15/h2-12H,13H2,1H3. The molecule has 0 atom stereocenters. The third-order valence-corrected chi connectivity index (χ3v) is 2.99. The van der Waals surface area contributed by atoms with E-state index in [1.807, 2.05) is 67.6 Å². The number of para-hydroxylation sites is 1. The highest BCUT2D eigenvalue weighted by molar-refractivity contribution is 5.28. The Morgan fingerprint density at radius 3 is 2.27 bits per heavy atom. The maximum atomic E-state index is 5.72. The van der Waals surface area contributed by atoms with Crippen molar-refractivity contribution in [1.29, 1.82) is 0 Å². The highest BCUT2D eigenvalue weighted by atomic mass is 16.5. The topological polar surface area (TPSA) is 44.2 Å².